The summed E-state index contributed by atoms with van der Waals surface area (Å²) in [5.41, 5.74) is 0. The van der Waals surface area contributed by atoms with Gasteiger partial charge in [0.1, 0.15) is 0 Å². The Morgan fingerprint density at radius 2 is 1.95 bits per heavy atom. The highest BCUT2D eigenvalue weighted by molar-refractivity contribution is 14.0. The van der Waals surface area contributed by atoms with Crippen LogP contribution in [-0.2, 0) is 6.54 Å². The topological polar surface area (TPSA) is 36.4 Å². The molecular formula is C16H22IN3S2. The molecule has 2 aromatic rings. The van der Waals surface area contributed by atoms with Crippen molar-refractivity contribution in [3.05, 3.63) is 52.7 Å². The van der Waals surface area contributed by atoms with E-state index < -0.39 is 0 Å². The number of halogens is 1. The molecule has 0 saturated heterocycles. The maximum Gasteiger partial charge on any atom is 0.191 e. The van der Waals surface area contributed by atoms with Crippen LogP contribution >= 0.6 is 47.1 Å². The Bertz CT molecular complexity index is 544. The predicted octanol–water partition coefficient (Wildman–Crippen LogP) is 4.21. The van der Waals surface area contributed by atoms with Gasteiger partial charge in [0.15, 0.2) is 5.96 Å². The zero-order chi connectivity index (χ0) is 14.9. The summed E-state index contributed by atoms with van der Waals surface area (Å²) in [6.45, 7) is 3.92. The second-order valence-corrected chi connectivity index (χ2v) is 7.17. The van der Waals surface area contributed by atoms with Crippen molar-refractivity contribution in [1.82, 2.24) is 10.6 Å². The van der Waals surface area contributed by atoms with Gasteiger partial charge in [0.2, 0.25) is 0 Å². The molecule has 0 amide bonds. The number of hydrogen-bond acceptors (Lipinski definition) is 3. The second kappa shape index (κ2) is 10.9. The zero-order valence-electron chi connectivity index (χ0n) is 12.8. The predicted molar refractivity (Wildman–Crippen MR) is 110 cm³/mol. The summed E-state index contributed by atoms with van der Waals surface area (Å²) in [6.07, 6.45) is 0. The summed E-state index contributed by atoms with van der Waals surface area (Å²) < 4.78 is 0. The van der Waals surface area contributed by atoms with Gasteiger partial charge in [-0.2, -0.15) is 0 Å². The number of thioether (sulfide) groups is 1. The molecule has 0 radical (unpaired) electrons. The van der Waals surface area contributed by atoms with E-state index in [2.05, 4.69) is 64.3 Å². The molecule has 2 N–H and O–H groups in total. The average molecular weight is 447 g/mol. The third-order valence-electron chi connectivity index (χ3n) is 2.87. The first-order valence-corrected chi connectivity index (χ1v) is 8.72. The summed E-state index contributed by atoms with van der Waals surface area (Å²) >= 11 is 3.62. The molecule has 22 heavy (non-hydrogen) atoms. The fourth-order valence-corrected chi connectivity index (χ4v) is 3.41. The Hall–Kier alpha value is -0.730. The van der Waals surface area contributed by atoms with E-state index in [1.807, 2.05) is 17.8 Å². The van der Waals surface area contributed by atoms with Crippen molar-refractivity contribution < 1.29 is 0 Å². The normalized spacial score (nSPS) is 12.4. The number of hydrogen-bond donors (Lipinski definition) is 2. The van der Waals surface area contributed by atoms with Crippen LogP contribution in [0.25, 0.3) is 0 Å². The summed E-state index contributed by atoms with van der Waals surface area (Å²) in [4.78, 5) is 6.87. The molecule has 0 aliphatic rings. The number of thiophene rings is 1. The molecule has 0 spiro atoms. The largest absolute Gasteiger partial charge is 0.355 e. The maximum atomic E-state index is 4.26. The number of guanidine groups is 1. The van der Waals surface area contributed by atoms with Gasteiger partial charge < -0.3 is 10.6 Å². The van der Waals surface area contributed by atoms with Crippen molar-refractivity contribution in [3.8, 4) is 0 Å². The molecular weight excluding hydrogens is 425 g/mol. The first-order valence-electron chi connectivity index (χ1n) is 6.96. The molecule has 2 rings (SSSR count). The van der Waals surface area contributed by atoms with Crippen LogP contribution in [0.3, 0.4) is 0 Å². The van der Waals surface area contributed by atoms with Crippen LogP contribution in [0.4, 0.5) is 0 Å². The number of nitrogens with zero attached hydrogens (tertiary/aromatic N) is 1. The van der Waals surface area contributed by atoms with E-state index in [4.69, 9.17) is 0 Å². The third-order valence-corrected chi connectivity index (χ3v) is 4.86. The molecule has 1 atom stereocenters. The van der Waals surface area contributed by atoms with Gasteiger partial charge in [-0.05, 0) is 23.6 Å². The van der Waals surface area contributed by atoms with E-state index in [0.717, 1.165) is 19.0 Å². The van der Waals surface area contributed by atoms with E-state index in [1.54, 1.807) is 18.4 Å². The van der Waals surface area contributed by atoms with Crippen LogP contribution in [-0.4, -0.2) is 24.8 Å². The molecule has 1 aromatic carbocycles. The second-order valence-electron chi connectivity index (χ2n) is 4.63. The number of rotatable bonds is 6. The number of nitrogens with one attached hydrogen (secondary N) is 2. The Balaban J connectivity index is 0.00000242. The molecule has 3 nitrogen and oxygen atoms in total. The van der Waals surface area contributed by atoms with E-state index in [-0.39, 0.29) is 24.0 Å². The molecule has 1 heterocycles. The molecule has 0 fully saturated rings. The number of benzene rings is 1. The van der Waals surface area contributed by atoms with Gasteiger partial charge in [-0.15, -0.1) is 47.1 Å². The minimum atomic E-state index is 0. The fourth-order valence-electron chi connectivity index (χ4n) is 1.82. The van der Waals surface area contributed by atoms with E-state index >= 15 is 0 Å². The standard InChI is InChI=1S/C16H21N3S2.HI/c1-13(21-14-7-4-3-5-8-14)11-18-16(17-2)19-12-15-9-6-10-20-15;/h3-10,13H,11-12H2,1-2H3,(H2,17,18,19);1H. The van der Waals surface area contributed by atoms with Crippen LogP contribution < -0.4 is 10.6 Å². The lowest BCUT2D eigenvalue weighted by Gasteiger charge is -2.15. The van der Waals surface area contributed by atoms with Crippen molar-refractivity contribution in [1.29, 1.82) is 0 Å². The average Bonchev–Trinajstić information content (AvgIpc) is 3.02. The molecule has 1 unspecified atom stereocenters. The van der Waals surface area contributed by atoms with E-state index in [9.17, 15) is 0 Å². The fraction of sp³-hybridized carbons (Fsp3) is 0.312. The van der Waals surface area contributed by atoms with Crippen LogP contribution in [0, 0.1) is 0 Å². The van der Waals surface area contributed by atoms with Gasteiger partial charge in [0.05, 0.1) is 6.54 Å². The highest BCUT2D eigenvalue weighted by Crippen LogP contribution is 2.21. The van der Waals surface area contributed by atoms with Gasteiger partial charge in [-0.3, -0.25) is 4.99 Å². The molecule has 0 aliphatic carbocycles. The monoisotopic (exact) mass is 447 g/mol. The van der Waals surface area contributed by atoms with Crippen LogP contribution in [0.15, 0.2) is 57.7 Å². The van der Waals surface area contributed by atoms with Gasteiger partial charge >= 0.3 is 0 Å². The Labute approximate surface area is 158 Å². The molecule has 0 saturated carbocycles. The van der Waals surface area contributed by atoms with Gasteiger partial charge in [0.25, 0.3) is 0 Å². The first-order chi connectivity index (χ1) is 10.3. The minimum absolute atomic E-state index is 0. The van der Waals surface area contributed by atoms with Gasteiger partial charge in [-0.25, -0.2) is 0 Å². The van der Waals surface area contributed by atoms with E-state index in [0.29, 0.717) is 5.25 Å². The smallest absolute Gasteiger partial charge is 0.191 e. The lowest BCUT2D eigenvalue weighted by molar-refractivity contribution is 0.794. The lowest BCUT2D eigenvalue weighted by Crippen LogP contribution is -2.39. The first kappa shape index (κ1) is 19.3. The highest BCUT2D eigenvalue weighted by atomic mass is 127. The van der Waals surface area contributed by atoms with Crippen molar-refractivity contribution in [2.24, 2.45) is 4.99 Å². The molecule has 0 bridgehead atoms. The Morgan fingerprint density at radius 3 is 2.59 bits per heavy atom. The van der Waals surface area contributed by atoms with Gasteiger partial charge in [-0.1, -0.05) is 31.2 Å². The molecule has 120 valence electrons. The van der Waals surface area contributed by atoms with Crippen LogP contribution in [0.2, 0.25) is 0 Å². The van der Waals surface area contributed by atoms with E-state index in [1.165, 1.54) is 9.77 Å². The van der Waals surface area contributed by atoms with Crippen LogP contribution in [0.5, 0.6) is 0 Å². The zero-order valence-corrected chi connectivity index (χ0v) is 16.7. The van der Waals surface area contributed by atoms with Crippen molar-refractivity contribution in [2.45, 2.75) is 23.6 Å². The third kappa shape index (κ3) is 7.02. The Morgan fingerprint density at radius 1 is 1.18 bits per heavy atom. The quantitative estimate of drug-likeness (QED) is 0.302. The van der Waals surface area contributed by atoms with Crippen LogP contribution in [0.1, 0.15) is 11.8 Å². The highest BCUT2D eigenvalue weighted by Gasteiger charge is 2.05. The summed E-state index contributed by atoms with van der Waals surface area (Å²) in [7, 11) is 1.80. The SMILES string of the molecule is CN=C(NCc1cccs1)NCC(C)Sc1ccccc1.I. The van der Waals surface area contributed by atoms with Crippen molar-refractivity contribution in [3.63, 3.8) is 0 Å². The molecule has 6 heteroatoms. The van der Waals surface area contributed by atoms with Crippen molar-refractivity contribution >= 4 is 53.0 Å². The summed E-state index contributed by atoms with van der Waals surface area (Å²) in [5, 5.41) is 9.27. The molecule has 1 aromatic heterocycles. The minimum Gasteiger partial charge on any atom is -0.355 e. The van der Waals surface area contributed by atoms with Gasteiger partial charge in [0, 0.05) is 28.6 Å². The van der Waals surface area contributed by atoms with Crippen molar-refractivity contribution in [2.75, 3.05) is 13.6 Å². The Kier molecular flexibility index (Phi) is 9.58. The number of aliphatic imine (C=N–C) groups is 1. The summed E-state index contributed by atoms with van der Waals surface area (Å²) in [5.74, 6) is 0.851. The lowest BCUT2D eigenvalue weighted by atomic mass is 10.4. The maximum absolute atomic E-state index is 4.26. The summed E-state index contributed by atoms with van der Waals surface area (Å²) in [6, 6.07) is 14.7. The molecule has 0 aliphatic heterocycles.